The molecule has 0 unspecified atom stereocenters. The molecule has 3 nitrogen and oxygen atoms in total. The van der Waals surface area contributed by atoms with E-state index in [1.807, 2.05) is 17.5 Å². The van der Waals surface area contributed by atoms with Crippen LogP contribution in [0.2, 0.25) is 0 Å². The van der Waals surface area contributed by atoms with Crippen molar-refractivity contribution >= 4 is 28.6 Å². The second-order valence-corrected chi connectivity index (χ2v) is 4.35. The number of hydrogen-bond donors (Lipinski definition) is 1. The maximum Gasteiger partial charge on any atom is 0.260 e. The Labute approximate surface area is 82.9 Å². The molecule has 0 aromatic carbocycles. The van der Waals surface area contributed by atoms with Gasteiger partial charge < -0.3 is 5.73 Å². The Morgan fingerprint density at radius 1 is 1.54 bits per heavy atom. The highest BCUT2D eigenvalue weighted by atomic mass is 32.1. The first kappa shape index (κ1) is 8.40. The highest BCUT2D eigenvalue weighted by molar-refractivity contribution is 7.21. The lowest BCUT2D eigenvalue weighted by Gasteiger charge is -1.85. The minimum atomic E-state index is -0.416. The maximum absolute atomic E-state index is 10.8. The van der Waals surface area contributed by atoms with Crippen molar-refractivity contribution in [2.24, 2.45) is 5.73 Å². The van der Waals surface area contributed by atoms with E-state index in [1.165, 1.54) is 17.5 Å². The van der Waals surface area contributed by atoms with Crippen molar-refractivity contribution in [3.8, 4) is 9.88 Å². The molecule has 0 saturated heterocycles. The lowest BCUT2D eigenvalue weighted by Crippen LogP contribution is -2.08. The van der Waals surface area contributed by atoms with Crippen molar-refractivity contribution in [2.75, 3.05) is 0 Å². The van der Waals surface area contributed by atoms with Crippen LogP contribution in [0.15, 0.2) is 23.7 Å². The van der Waals surface area contributed by atoms with Crippen LogP contribution in [0.1, 0.15) is 9.67 Å². The molecule has 2 N–H and O–H groups in total. The van der Waals surface area contributed by atoms with Gasteiger partial charge in [0.15, 0.2) is 0 Å². The smallest absolute Gasteiger partial charge is 0.260 e. The Hall–Kier alpha value is -1.20. The molecule has 13 heavy (non-hydrogen) atoms. The number of amides is 1. The normalized spacial score (nSPS) is 10.2. The molecular formula is C8H6N2OS2. The predicted molar refractivity (Wildman–Crippen MR) is 53.9 cm³/mol. The van der Waals surface area contributed by atoms with Gasteiger partial charge in [-0.2, -0.15) is 0 Å². The SMILES string of the molecule is NC(=O)c1cnc(-c2cccs2)s1. The third kappa shape index (κ3) is 1.61. The number of carbonyl (C=O) groups is 1. The van der Waals surface area contributed by atoms with E-state index in [1.54, 1.807) is 11.3 Å². The van der Waals surface area contributed by atoms with E-state index in [0.717, 1.165) is 9.88 Å². The van der Waals surface area contributed by atoms with Crippen molar-refractivity contribution in [3.05, 3.63) is 28.6 Å². The molecule has 0 aliphatic heterocycles. The minimum Gasteiger partial charge on any atom is -0.365 e. The molecule has 0 saturated carbocycles. The van der Waals surface area contributed by atoms with E-state index in [4.69, 9.17) is 5.73 Å². The largest absolute Gasteiger partial charge is 0.365 e. The zero-order chi connectivity index (χ0) is 9.26. The summed E-state index contributed by atoms with van der Waals surface area (Å²) in [6, 6.07) is 3.92. The van der Waals surface area contributed by atoms with E-state index in [9.17, 15) is 4.79 Å². The van der Waals surface area contributed by atoms with E-state index >= 15 is 0 Å². The zero-order valence-electron chi connectivity index (χ0n) is 6.56. The van der Waals surface area contributed by atoms with Crippen molar-refractivity contribution in [2.45, 2.75) is 0 Å². The fourth-order valence-electron chi connectivity index (χ4n) is 0.902. The fourth-order valence-corrected chi connectivity index (χ4v) is 2.47. The molecule has 0 spiro atoms. The Balaban J connectivity index is 2.39. The molecule has 0 radical (unpaired) electrons. The van der Waals surface area contributed by atoms with E-state index < -0.39 is 5.91 Å². The predicted octanol–water partition coefficient (Wildman–Crippen LogP) is 1.97. The zero-order valence-corrected chi connectivity index (χ0v) is 8.19. The Morgan fingerprint density at radius 3 is 2.92 bits per heavy atom. The van der Waals surface area contributed by atoms with Crippen molar-refractivity contribution < 1.29 is 4.79 Å². The van der Waals surface area contributed by atoms with Gasteiger partial charge in [0.05, 0.1) is 11.1 Å². The summed E-state index contributed by atoms with van der Waals surface area (Å²) in [5, 5.41) is 2.82. The molecule has 2 heterocycles. The number of nitrogens with zero attached hydrogens (tertiary/aromatic N) is 1. The number of thiophene rings is 1. The number of primary amides is 1. The van der Waals surface area contributed by atoms with Crippen molar-refractivity contribution in [1.82, 2.24) is 4.98 Å². The summed E-state index contributed by atoms with van der Waals surface area (Å²) >= 11 is 2.92. The van der Waals surface area contributed by atoms with Crippen LogP contribution in [0.25, 0.3) is 9.88 Å². The van der Waals surface area contributed by atoms with Gasteiger partial charge in [-0.25, -0.2) is 4.98 Å². The van der Waals surface area contributed by atoms with Gasteiger partial charge in [-0.3, -0.25) is 4.79 Å². The van der Waals surface area contributed by atoms with Crippen LogP contribution in [-0.4, -0.2) is 10.9 Å². The lowest BCUT2D eigenvalue weighted by atomic mass is 10.5. The number of aromatic nitrogens is 1. The van der Waals surface area contributed by atoms with E-state index in [0.29, 0.717) is 4.88 Å². The van der Waals surface area contributed by atoms with E-state index in [2.05, 4.69) is 4.98 Å². The maximum atomic E-state index is 10.8. The third-order valence-electron chi connectivity index (χ3n) is 1.48. The average Bonchev–Trinajstić information content (AvgIpc) is 2.75. The number of nitrogens with two attached hydrogens (primary N) is 1. The highest BCUT2D eigenvalue weighted by Crippen LogP contribution is 2.28. The summed E-state index contributed by atoms with van der Waals surface area (Å²) in [6.07, 6.45) is 1.52. The molecule has 66 valence electrons. The Bertz CT molecular complexity index is 419. The van der Waals surface area contributed by atoms with Gasteiger partial charge in [0, 0.05) is 0 Å². The summed E-state index contributed by atoms with van der Waals surface area (Å²) in [5.74, 6) is -0.416. The summed E-state index contributed by atoms with van der Waals surface area (Å²) in [6.45, 7) is 0. The summed E-state index contributed by atoms with van der Waals surface area (Å²) in [4.78, 5) is 16.5. The van der Waals surface area contributed by atoms with Gasteiger partial charge >= 0.3 is 0 Å². The Kier molecular flexibility index (Phi) is 2.12. The molecule has 2 aromatic rings. The quantitative estimate of drug-likeness (QED) is 0.823. The first-order chi connectivity index (χ1) is 6.27. The molecular weight excluding hydrogens is 204 g/mol. The minimum absolute atomic E-state index is 0.416. The van der Waals surface area contributed by atoms with E-state index in [-0.39, 0.29) is 0 Å². The van der Waals surface area contributed by atoms with Gasteiger partial charge in [0.1, 0.15) is 9.88 Å². The number of carbonyl (C=O) groups excluding carboxylic acids is 1. The Morgan fingerprint density at radius 2 is 2.38 bits per heavy atom. The van der Waals surface area contributed by atoms with Crippen LogP contribution in [0.3, 0.4) is 0 Å². The molecule has 1 amide bonds. The van der Waals surface area contributed by atoms with Crippen molar-refractivity contribution in [3.63, 3.8) is 0 Å². The molecule has 0 fully saturated rings. The van der Waals surface area contributed by atoms with Crippen LogP contribution in [0, 0.1) is 0 Å². The lowest BCUT2D eigenvalue weighted by molar-refractivity contribution is 0.100. The first-order valence-electron chi connectivity index (χ1n) is 3.57. The molecule has 0 aliphatic rings. The van der Waals surface area contributed by atoms with Crippen LogP contribution < -0.4 is 5.73 Å². The number of rotatable bonds is 2. The molecule has 0 atom stereocenters. The molecule has 2 rings (SSSR count). The fraction of sp³-hybridized carbons (Fsp3) is 0. The van der Waals surface area contributed by atoms with Crippen LogP contribution in [0.5, 0.6) is 0 Å². The molecule has 0 aliphatic carbocycles. The number of thiazole rings is 1. The van der Waals surface area contributed by atoms with Crippen molar-refractivity contribution in [1.29, 1.82) is 0 Å². The van der Waals surface area contributed by atoms with Gasteiger partial charge in [-0.15, -0.1) is 22.7 Å². The first-order valence-corrected chi connectivity index (χ1v) is 5.26. The average molecular weight is 210 g/mol. The second-order valence-electron chi connectivity index (χ2n) is 2.37. The molecule has 5 heteroatoms. The summed E-state index contributed by atoms with van der Waals surface area (Å²) in [7, 11) is 0. The third-order valence-corrected chi connectivity index (χ3v) is 3.53. The van der Waals surface area contributed by atoms with Gasteiger partial charge in [-0.05, 0) is 11.4 Å². The monoisotopic (exact) mass is 210 g/mol. The van der Waals surface area contributed by atoms with Crippen LogP contribution in [0.4, 0.5) is 0 Å². The summed E-state index contributed by atoms with van der Waals surface area (Å²) in [5.41, 5.74) is 5.12. The van der Waals surface area contributed by atoms with Gasteiger partial charge in [0.2, 0.25) is 0 Å². The van der Waals surface area contributed by atoms with Crippen LogP contribution >= 0.6 is 22.7 Å². The van der Waals surface area contributed by atoms with Gasteiger partial charge in [-0.1, -0.05) is 6.07 Å². The topological polar surface area (TPSA) is 56.0 Å². The number of hydrogen-bond acceptors (Lipinski definition) is 4. The highest BCUT2D eigenvalue weighted by Gasteiger charge is 2.08. The molecule has 2 aromatic heterocycles. The summed E-state index contributed by atoms with van der Waals surface area (Å²) < 4.78 is 0. The van der Waals surface area contributed by atoms with Crippen LogP contribution in [-0.2, 0) is 0 Å². The van der Waals surface area contributed by atoms with Gasteiger partial charge in [0.25, 0.3) is 5.91 Å². The second kappa shape index (κ2) is 3.27. The molecule has 0 bridgehead atoms. The standard InChI is InChI=1S/C8H6N2OS2/c9-7(11)6-4-10-8(13-6)5-2-1-3-12-5/h1-4H,(H2,9,11).